The Bertz CT molecular complexity index is 715. The monoisotopic (exact) mass is 343 g/mol. The molecule has 25 heavy (non-hydrogen) atoms. The Morgan fingerprint density at radius 2 is 1.96 bits per heavy atom. The van der Waals surface area contributed by atoms with Gasteiger partial charge in [-0.2, -0.15) is 0 Å². The van der Waals surface area contributed by atoms with Gasteiger partial charge in [-0.1, -0.05) is 12.1 Å². The zero-order chi connectivity index (χ0) is 18.2. The highest BCUT2D eigenvalue weighted by atomic mass is 16.5. The largest absolute Gasteiger partial charge is 0.496 e. The molecule has 0 saturated carbocycles. The maximum atomic E-state index is 12.4. The van der Waals surface area contributed by atoms with Crippen molar-refractivity contribution in [2.45, 2.75) is 26.5 Å². The number of amides is 1. The van der Waals surface area contributed by atoms with Gasteiger partial charge in [-0.15, -0.1) is 0 Å². The molecule has 134 valence electrons. The zero-order valence-electron chi connectivity index (χ0n) is 15.2. The third-order valence-corrected chi connectivity index (χ3v) is 3.72. The van der Waals surface area contributed by atoms with E-state index < -0.39 is 0 Å². The average molecular weight is 343 g/mol. The van der Waals surface area contributed by atoms with Crippen LogP contribution in [0.4, 0.5) is 0 Å². The molecule has 0 aliphatic heterocycles. The summed E-state index contributed by atoms with van der Waals surface area (Å²) in [6.45, 7) is 4.69. The van der Waals surface area contributed by atoms with Crippen molar-refractivity contribution in [2.75, 3.05) is 20.8 Å². The lowest BCUT2D eigenvalue weighted by Gasteiger charge is -2.15. The molecule has 2 aromatic carbocycles. The summed E-state index contributed by atoms with van der Waals surface area (Å²) < 4.78 is 16.3. The molecule has 0 fully saturated rings. The molecule has 0 heterocycles. The first kappa shape index (κ1) is 18.8. The van der Waals surface area contributed by atoms with Crippen molar-refractivity contribution in [3.63, 3.8) is 0 Å². The van der Waals surface area contributed by atoms with Crippen molar-refractivity contribution >= 4 is 5.91 Å². The summed E-state index contributed by atoms with van der Waals surface area (Å²) in [7, 11) is 3.21. The molecule has 0 radical (unpaired) electrons. The third kappa shape index (κ3) is 5.50. The lowest BCUT2D eigenvalue weighted by molar-refractivity contribution is 0.0905. The quantitative estimate of drug-likeness (QED) is 0.799. The second kappa shape index (κ2) is 9.08. The lowest BCUT2D eigenvalue weighted by atomic mass is 10.1. The molecule has 0 aliphatic rings. The minimum atomic E-state index is -0.149. The van der Waals surface area contributed by atoms with Crippen LogP contribution in [0.5, 0.6) is 11.5 Å². The Balaban J connectivity index is 2.12. The molecule has 0 aliphatic carbocycles. The minimum absolute atomic E-state index is 0.0633. The molecule has 1 N–H and O–H groups in total. The van der Waals surface area contributed by atoms with Crippen LogP contribution < -0.4 is 14.8 Å². The Labute approximate surface area is 148 Å². The van der Waals surface area contributed by atoms with Crippen molar-refractivity contribution in [3.05, 3.63) is 59.2 Å². The summed E-state index contributed by atoms with van der Waals surface area (Å²) in [5.41, 5.74) is 2.51. The Morgan fingerprint density at radius 1 is 1.16 bits per heavy atom. The van der Waals surface area contributed by atoms with E-state index in [1.807, 2.05) is 38.1 Å². The van der Waals surface area contributed by atoms with Gasteiger partial charge in [-0.3, -0.25) is 4.79 Å². The molecule has 0 unspecified atom stereocenters. The Hall–Kier alpha value is -2.53. The number of hydrogen-bond donors (Lipinski definition) is 1. The van der Waals surface area contributed by atoms with Gasteiger partial charge in [0.2, 0.25) is 0 Å². The summed E-state index contributed by atoms with van der Waals surface area (Å²) in [6, 6.07) is 13.1. The molecule has 0 saturated heterocycles. The van der Waals surface area contributed by atoms with E-state index in [-0.39, 0.29) is 11.9 Å². The number of carbonyl (C=O) groups excluding carboxylic acids is 1. The van der Waals surface area contributed by atoms with Gasteiger partial charge in [0.15, 0.2) is 0 Å². The van der Waals surface area contributed by atoms with Crippen molar-refractivity contribution in [3.8, 4) is 11.5 Å². The van der Waals surface area contributed by atoms with Crippen LogP contribution in [-0.2, 0) is 11.3 Å². The van der Waals surface area contributed by atoms with Gasteiger partial charge >= 0.3 is 0 Å². The van der Waals surface area contributed by atoms with E-state index in [2.05, 4.69) is 5.32 Å². The Morgan fingerprint density at radius 3 is 2.64 bits per heavy atom. The fraction of sp³-hybridized carbons (Fsp3) is 0.350. The molecule has 0 bridgehead atoms. The van der Waals surface area contributed by atoms with E-state index in [0.717, 1.165) is 16.9 Å². The van der Waals surface area contributed by atoms with Gasteiger partial charge < -0.3 is 19.5 Å². The summed E-state index contributed by atoms with van der Waals surface area (Å²) in [5, 5.41) is 2.90. The molecule has 0 spiro atoms. The second-order valence-electron chi connectivity index (χ2n) is 5.96. The highest BCUT2D eigenvalue weighted by Gasteiger charge is 2.13. The number of rotatable bonds is 8. The number of benzene rings is 2. The number of aryl methyl sites for hydroxylation is 1. The molecule has 2 rings (SSSR count). The molecule has 1 atom stereocenters. The summed E-state index contributed by atoms with van der Waals surface area (Å²) >= 11 is 0. The van der Waals surface area contributed by atoms with Crippen molar-refractivity contribution < 1.29 is 19.0 Å². The minimum Gasteiger partial charge on any atom is -0.496 e. The first-order chi connectivity index (χ1) is 12.0. The zero-order valence-corrected chi connectivity index (χ0v) is 15.2. The number of nitrogens with one attached hydrogen (secondary N) is 1. The second-order valence-corrected chi connectivity index (χ2v) is 5.96. The van der Waals surface area contributed by atoms with Crippen LogP contribution in [0.15, 0.2) is 42.5 Å². The van der Waals surface area contributed by atoms with E-state index in [1.165, 1.54) is 0 Å². The maximum absolute atomic E-state index is 12.4. The van der Waals surface area contributed by atoms with Gasteiger partial charge in [-0.25, -0.2) is 0 Å². The van der Waals surface area contributed by atoms with Gasteiger partial charge in [0.1, 0.15) is 18.1 Å². The fourth-order valence-corrected chi connectivity index (χ4v) is 2.50. The highest BCUT2D eigenvalue weighted by Crippen LogP contribution is 2.23. The summed E-state index contributed by atoms with van der Waals surface area (Å²) in [6.07, 6.45) is 0. The maximum Gasteiger partial charge on any atom is 0.251 e. The number of hydrogen-bond acceptors (Lipinski definition) is 4. The molecular formula is C20H25NO4. The predicted molar refractivity (Wildman–Crippen MR) is 97.3 cm³/mol. The standard InChI is InChI=1S/C20H25NO4/c1-14-6-5-7-18(10-14)25-13-17-11-16(8-9-19(17)24-4)20(22)21-15(2)12-23-3/h5-11,15H,12-13H2,1-4H3,(H,21,22)/t15-/m0/s1. The van der Waals surface area contributed by atoms with Crippen molar-refractivity contribution in [2.24, 2.45) is 0 Å². The first-order valence-corrected chi connectivity index (χ1v) is 8.19. The average Bonchev–Trinajstić information content (AvgIpc) is 2.60. The summed E-state index contributed by atoms with van der Waals surface area (Å²) in [5.74, 6) is 1.32. The van der Waals surface area contributed by atoms with Crippen molar-refractivity contribution in [1.82, 2.24) is 5.32 Å². The van der Waals surface area contributed by atoms with E-state index >= 15 is 0 Å². The normalized spacial score (nSPS) is 11.7. The number of methoxy groups -OCH3 is 2. The highest BCUT2D eigenvalue weighted by molar-refractivity contribution is 5.94. The molecule has 5 nitrogen and oxygen atoms in total. The smallest absolute Gasteiger partial charge is 0.251 e. The molecular weight excluding hydrogens is 318 g/mol. The van der Waals surface area contributed by atoms with E-state index in [9.17, 15) is 4.79 Å². The lowest BCUT2D eigenvalue weighted by Crippen LogP contribution is -2.35. The topological polar surface area (TPSA) is 56.8 Å². The van der Waals surface area contributed by atoms with Crippen LogP contribution in [0.1, 0.15) is 28.4 Å². The van der Waals surface area contributed by atoms with E-state index in [0.29, 0.717) is 24.5 Å². The SMILES string of the molecule is COC[C@H](C)NC(=O)c1ccc(OC)c(COc2cccc(C)c2)c1. The van der Waals surface area contributed by atoms with Crippen LogP contribution >= 0.6 is 0 Å². The van der Waals surface area contributed by atoms with Crippen LogP contribution in [0.25, 0.3) is 0 Å². The van der Waals surface area contributed by atoms with Gasteiger partial charge in [0.25, 0.3) is 5.91 Å². The van der Waals surface area contributed by atoms with Crippen molar-refractivity contribution in [1.29, 1.82) is 0 Å². The molecule has 0 aromatic heterocycles. The van der Waals surface area contributed by atoms with E-state index in [4.69, 9.17) is 14.2 Å². The first-order valence-electron chi connectivity index (χ1n) is 8.19. The van der Waals surface area contributed by atoms with Crippen LogP contribution in [0.2, 0.25) is 0 Å². The molecule has 5 heteroatoms. The third-order valence-electron chi connectivity index (χ3n) is 3.72. The molecule has 1 amide bonds. The van der Waals surface area contributed by atoms with Gasteiger partial charge in [0, 0.05) is 24.3 Å². The fourth-order valence-electron chi connectivity index (χ4n) is 2.50. The number of ether oxygens (including phenoxy) is 3. The number of carbonyl (C=O) groups is 1. The van der Waals surface area contributed by atoms with Crippen LogP contribution in [0, 0.1) is 6.92 Å². The van der Waals surface area contributed by atoms with Gasteiger partial charge in [-0.05, 0) is 49.7 Å². The van der Waals surface area contributed by atoms with Crippen LogP contribution in [0.3, 0.4) is 0 Å². The Kier molecular flexibility index (Phi) is 6.83. The van der Waals surface area contributed by atoms with Crippen LogP contribution in [-0.4, -0.2) is 32.8 Å². The van der Waals surface area contributed by atoms with E-state index in [1.54, 1.807) is 32.4 Å². The summed E-state index contributed by atoms with van der Waals surface area (Å²) in [4.78, 5) is 12.4. The predicted octanol–water partition coefficient (Wildman–Crippen LogP) is 3.35. The molecule has 2 aromatic rings. The van der Waals surface area contributed by atoms with Gasteiger partial charge in [0.05, 0.1) is 13.7 Å².